The molecule has 0 fully saturated rings. The molecule has 0 saturated carbocycles. The molecule has 0 saturated heterocycles. The fourth-order valence-electron chi connectivity index (χ4n) is 3.16. The van der Waals surface area contributed by atoms with Gasteiger partial charge in [0.25, 0.3) is 15.9 Å². The summed E-state index contributed by atoms with van der Waals surface area (Å²) in [5.74, 6) is 0.421. The molecule has 32 heavy (non-hydrogen) atoms. The molecule has 7 heteroatoms. The molecule has 0 aromatic heterocycles. The van der Waals surface area contributed by atoms with Gasteiger partial charge in [-0.3, -0.25) is 9.52 Å². The Morgan fingerprint density at radius 1 is 0.938 bits per heavy atom. The molecule has 1 amide bonds. The number of hydrogen-bond donors (Lipinski definition) is 2. The largest absolute Gasteiger partial charge is 0.491 e. The maximum atomic E-state index is 13.0. The van der Waals surface area contributed by atoms with Crippen molar-refractivity contribution in [2.75, 3.05) is 4.72 Å². The molecule has 2 N–H and O–H groups in total. The number of carbonyl (C=O) groups is 1. The first-order valence-electron chi connectivity index (χ1n) is 10.4. The number of ether oxygens (including phenoxy) is 1. The summed E-state index contributed by atoms with van der Waals surface area (Å²) in [6, 6.07) is 19.3. The zero-order valence-electron chi connectivity index (χ0n) is 18.7. The van der Waals surface area contributed by atoms with Crippen LogP contribution in [-0.2, 0) is 16.6 Å². The van der Waals surface area contributed by atoms with Gasteiger partial charge in [0.05, 0.1) is 16.7 Å². The van der Waals surface area contributed by atoms with Gasteiger partial charge in [-0.05, 0) is 74.7 Å². The minimum atomic E-state index is -3.85. The predicted octanol–water partition coefficient (Wildman–Crippen LogP) is 4.82. The molecule has 0 bridgehead atoms. The fraction of sp³-hybridized carbons (Fsp3) is 0.240. The van der Waals surface area contributed by atoms with E-state index < -0.39 is 10.0 Å². The molecule has 0 atom stereocenters. The zero-order chi connectivity index (χ0) is 23.3. The van der Waals surface area contributed by atoms with Gasteiger partial charge in [0, 0.05) is 12.1 Å². The fourth-order valence-corrected chi connectivity index (χ4v) is 4.56. The number of rotatable bonds is 8. The number of aryl methyl sites for hydroxylation is 2. The van der Waals surface area contributed by atoms with Gasteiger partial charge in [0.1, 0.15) is 5.75 Å². The van der Waals surface area contributed by atoms with Gasteiger partial charge in [0.2, 0.25) is 0 Å². The average molecular weight is 453 g/mol. The van der Waals surface area contributed by atoms with Gasteiger partial charge in [-0.15, -0.1) is 0 Å². The van der Waals surface area contributed by atoms with Crippen molar-refractivity contribution < 1.29 is 17.9 Å². The molecular formula is C25H28N2O4S. The number of amides is 1. The lowest BCUT2D eigenvalue weighted by atomic mass is 10.1. The monoisotopic (exact) mass is 452 g/mol. The van der Waals surface area contributed by atoms with Crippen LogP contribution in [0, 0.1) is 13.8 Å². The van der Waals surface area contributed by atoms with E-state index in [1.807, 2.05) is 57.2 Å². The Morgan fingerprint density at radius 3 is 2.28 bits per heavy atom. The normalized spacial score (nSPS) is 11.3. The smallest absolute Gasteiger partial charge is 0.262 e. The van der Waals surface area contributed by atoms with Crippen LogP contribution in [0.1, 0.15) is 40.9 Å². The highest BCUT2D eigenvalue weighted by Crippen LogP contribution is 2.23. The second-order valence-electron chi connectivity index (χ2n) is 7.89. The number of sulfonamides is 1. The molecule has 0 unspecified atom stereocenters. The molecule has 0 heterocycles. The van der Waals surface area contributed by atoms with Crippen molar-refractivity contribution in [3.8, 4) is 5.75 Å². The number of hydrogen-bond acceptors (Lipinski definition) is 4. The number of anilines is 1. The number of para-hydroxylation sites is 1. The third kappa shape index (κ3) is 5.88. The first-order chi connectivity index (χ1) is 15.2. The zero-order valence-corrected chi connectivity index (χ0v) is 19.5. The van der Waals surface area contributed by atoms with E-state index in [2.05, 4.69) is 10.0 Å². The molecular weight excluding hydrogens is 424 g/mol. The summed E-state index contributed by atoms with van der Waals surface area (Å²) >= 11 is 0. The maximum absolute atomic E-state index is 13.0. The van der Waals surface area contributed by atoms with E-state index in [-0.39, 0.29) is 22.5 Å². The van der Waals surface area contributed by atoms with Gasteiger partial charge in [-0.25, -0.2) is 8.42 Å². The highest BCUT2D eigenvalue weighted by molar-refractivity contribution is 7.92. The lowest BCUT2D eigenvalue weighted by Gasteiger charge is -2.14. The number of benzene rings is 3. The van der Waals surface area contributed by atoms with Crippen LogP contribution < -0.4 is 14.8 Å². The highest BCUT2D eigenvalue weighted by atomic mass is 32.2. The Kier molecular flexibility index (Phi) is 7.20. The van der Waals surface area contributed by atoms with Crippen LogP contribution in [0.5, 0.6) is 5.75 Å². The minimum Gasteiger partial charge on any atom is -0.491 e. The van der Waals surface area contributed by atoms with E-state index in [1.165, 1.54) is 6.07 Å². The molecule has 0 aliphatic carbocycles. The van der Waals surface area contributed by atoms with Gasteiger partial charge >= 0.3 is 0 Å². The lowest BCUT2D eigenvalue weighted by molar-refractivity contribution is 0.0950. The van der Waals surface area contributed by atoms with Gasteiger partial charge in [-0.2, -0.15) is 0 Å². The SMILES string of the molecule is Cc1ccccc1NS(=O)(=O)c1cc(C(=O)NCc2ccc(OC(C)C)cc2)ccc1C. The van der Waals surface area contributed by atoms with Gasteiger partial charge in [-0.1, -0.05) is 36.4 Å². The molecule has 0 aliphatic rings. The Morgan fingerprint density at radius 2 is 1.62 bits per heavy atom. The van der Waals surface area contributed by atoms with E-state index in [1.54, 1.807) is 31.2 Å². The second-order valence-corrected chi connectivity index (χ2v) is 9.54. The van der Waals surface area contributed by atoms with E-state index in [0.717, 1.165) is 16.9 Å². The van der Waals surface area contributed by atoms with Crippen molar-refractivity contribution in [2.45, 2.75) is 45.2 Å². The number of nitrogens with one attached hydrogen (secondary N) is 2. The Balaban J connectivity index is 1.73. The Bertz CT molecular complexity index is 1200. The first-order valence-corrected chi connectivity index (χ1v) is 11.9. The minimum absolute atomic E-state index is 0.0728. The van der Waals surface area contributed by atoms with Crippen LogP contribution in [0.4, 0.5) is 5.69 Å². The predicted molar refractivity (Wildman–Crippen MR) is 127 cm³/mol. The van der Waals surface area contributed by atoms with Crippen LogP contribution >= 0.6 is 0 Å². The van der Waals surface area contributed by atoms with Crippen molar-refractivity contribution in [1.82, 2.24) is 5.32 Å². The summed E-state index contributed by atoms with van der Waals surface area (Å²) in [5.41, 5.74) is 3.07. The van der Waals surface area contributed by atoms with Crippen LogP contribution in [0.25, 0.3) is 0 Å². The van der Waals surface area contributed by atoms with Crippen molar-refractivity contribution in [1.29, 1.82) is 0 Å². The summed E-state index contributed by atoms with van der Waals surface area (Å²) in [6.45, 7) is 7.77. The van der Waals surface area contributed by atoms with E-state index in [4.69, 9.17) is 4.74 Å². The second kappa shape index (κ2) is 9.87. The van der Waals surface area contributed by atoms with E-state index >= 15 is 0 Å². The summed E-state index contributed by atoms with van der Waals surface area (Å²) in [7, 11) is -3.85. The molecule has 6 nitrogen and oxygen atoms in total. The van der Waals surface area contributed by atoms with Crippen LogP contribution in [0.3, 0.4) is 0 Å². The van der Waals surface area contributed by atoms with Gasteiger partial charge in [0.15, 0.2) is 0 Å². The van der Waals surface area contributed by atoms with Crippen molar-refractivity contribution in [2.24, 2.45) is 0 Å². The van der Waals surface area contributed by atoms with Crippen molar-refractivity contribution in [3.05, 3.63) is 89.0 Å². The molecule has 0 spiro atoms. The third-order valence-corrected chi connectivity index (χ3v) is 6.38. The highest BCUT2D eigenvalue weighted by Gasteiger charge is 2.20. The lowest BCUT2D eigenvalue weighted by Crippen LogP contribution is -2.23. The molecule has 3 aromatic rings. The molecule has 3 rings (SSSR count). The molecule has 168 valence electrons. The molecule has 0 aliphatic heterocycles. The van der Waals surface area contributed by atoms with Crippen LogP contribution in [0.2, 0.25) is 0 Å². The van der Waals surface area contributed by atoms with Gasteiger partial charge < -0.3 is 10.1 Å². The number of carbonyl (C=O) groups excluding carboxylic acids is 1. The Labute approximate surface area is 189 Å². The standard InChI is InChI=1S/C25H28N2O4S/c1-17(2)31-22-13-10-20(11-14-22)16-26-25(28)21-12-9-19(4)24(15-21)32(29,30)27-23-8-6-5-7-18(23)3/h5-15,17,27H,16H2,1-4H3,(H,26,28). The topological polar surface area (TPSA) is 84.5 Å². The van der Waals surface area contributed by atoms with Crippen molar-refractivity contribution in [3.63, 3.8) is 0 Å². The quantitative estimate of drug-likeness (QED) is 0.513. The Hall–Kier alpha value is -3.32. The molecule has 3 aromatic carbocycles. The summed E-state index contributed by atoms with van der Waals surface area (Å²) in [5, 5.41) is 2.84. The third-order valence-electron chi connectivity index (χ3n) is 4.88. The van der Waals surface area contributed by atoms with Crippen LogP contribution in [0.15, 0.2) is 71.6 Å². The van der Waals surface area contributed by atoms with Crippen LogP contribution in [-0.4, -0.2) is 20.4 Å². The average Bonchev–Trinajstić information content (AvgIpc) is 2.74. The first kappa shape index (κ1) is 23.3. The molecule has 0 radical (unpaired) electrons. The van der Waals surface area contributed by atoms with E-state index in [0.29, 0.717) is 17.8 Å². The summed E-state index contributed by atoms with van der Waals surface area (Å²) in [4.78, 5) is 12.8. The summed E-state index contributed by atoms with van der Waals surface area (Å²) in [6.07, 6.45) is 0.0906. The van der Waals surface area contributed by atoms with E-state index in [9.17, 15) is 13.2 Å². The maximum Gasteiger partial charge on any atom is 0.262 e. The summed E-state index contributed by atoms with van der Waals surface area (Å²) < 4.78 is 34.2. The van der Waals surface area contributed by atoms with Crippen molar-refractivity contribution >= 4 is 21.6 Å².